The van der Waals surface area contributed by atoms with Crippen LogP contribution in [0.4, 0.5) is 39.5 Å². The number of aliphatic carboxylic acids is 3. The summed E-state index contributed by atoms with van der Waals surface area (Å²) in [6.45, 7) is 4.52. The fourth-order valence-electron chi connectivity index (χ4n) is 2.25. The minimum atomic E-state index is -5.08. The van der Waals surface area contributed by atoms with Crippen molar-refractivity contribution < 1.29 is 78.8 Å². The molecule has 0 aromatic rings. The number of hydrogen-bond donors (Lipinski definition) is 9. The molecule has 0 bridgehead atoms. The first-order chi connectivity index (χ1) is 21.5. The SMILES string of the molecule is NCCCNCCCCNC(=O)CC(=O)NCCCCCCN=CNN.O=C(O)C(F)(F)F.O=C(O)C(F)(F)F.O=C(O)C(F)(F)F. The second-order valence-electron chi connectivity index (χ2n) is 8.50. The van der Waals surface area contributed by atoms with Crippen molar-refractivity contribution in [2.75, 3.05) is 39.3 Å². The molecular weight excluding hydrogens is 673 g/mol. The molecule has 0 aliphatic heterocycles. The molecule has 0 aliphatic rings. The van der Waals surface area contributed by atoms with E-state index in [2.05, 4.69) is 26.4 Å². The maximum absolute atomic E-state index is 11.7. The van der Waals surface area contributed by atoms with Gasteiger partial charge in [-0.1, -0.05) is 12.8 Å². The number of nitrogens with two attached hydrogens (primary N) is 2. The predicted octanol–water partition coefficient (Wildman–Crippen LogP) is 1.28. The van der Waals surface area contributed by atoms with Crippen molar-refractivity contribution >= 4 is 36.1 Å². The van der Waals surface area contributed by atoms with Gasteiger partial charge in [0.05, 0.1) is 6.34 Å². The van der Waals surface area contributed by atoms with Gasteiger partial charge in [-0.15, -0.1) is 0 Å². The molecule has 0 aromatic carbocycles. The number of carboxylic acids is 3. The smallest absolute Gasteiger partial charge is 0.475 e. The molecule has 24 heteroatoms. The molecular formula is C23H40F9N7O8. The van der Waals surface area contributed by atoms with Gasteiger partial charge in [0.15, 0.2) is 0 Å². The zero-order valence-electron chi connectivity index (χ0n) is 24.9. The van der Waals surface area contributed by atoms with Crippen LogP contribution in [0.15, 0.2) is 4.99 Å². The van der Waals surface area contributed by atoms with E-state index in [0.29, 0.717) is 19.6 Å². The lowest BCUT2D eigenvalue weighted by molar-refractivity contribution is -0.193. The summed E-state index contributed by atoms with van der Waals surface area (Å²) < 4.78 is 95.2. The average Bonchev–Trinajstić information content (AvgIpc) is 2.93. The van der Waals surface area contributed by atoms with E-state index in [1.165, 1.54) is 6.34 Å². The highest BCUT2D eigenvalue weighted by Gasteiger charge is 2.39. The molecule has 47 heavy (non-hydrogen) atoms. The topological polar surface area (TPSA) is 259 Å². The summed E-state index contributed by atoms with van der Waals surface area (Å²) in [6.07, 6.45) is -7.02. The Morgan fingerprint density at radius 1 is 0.596 bits per heavy atom. The van der Waals surface area contributed by atoms with E-state index in [9.17, 15) is 49.1 Å². The molecule has 0 radical (unpaired) electrons. The Balaban J connectivity index is -0.000000353. The van der Waals surface area contributed by atoms with E-state index < -0.39 is 36.4 Å². The quantitative estimate of drug-likeness (QED) is 0.0185. The predicted molar refractivity (Wildman–Crippen MR) is 147 cm³/mol. The molecule has 0 aliphatic carbocycles. The van der Waals surface area contributed by atoms with Crippen LogP contribution < -0.4 is 33.0 Å². The number of nitrogens with zero attached hydrogens (tertiary/aromatic N) is 1. The molecule has 0 unspecified atom stereocenters. The van der Waals surface area contributed by atoms with Gasteiger partial charge in [-0.2, -0.15) is 39.5 Å². The van der Waals surface area contributed by atoms with Gasteiger partial charge in [0.2, 0.25) is 11.8 Å². The number of amides is 2. The van der Waals surface area contributed by atoms with Gasteiger partial charge in [0, 0.05) is 19.6 Å². The number of nitrogens with one attached hydrogen (secondary N) is 4. The minimum absolute atomic E-state index is 0.102. The van der Waals surface area contributed by atoms with Gasteiger partial charge in [-0.3, -0.25) is 14.6 Å². The summed E-state index contributed by atoms with van der Waals surface area (Å²) in [5, 5.41) is 30.2. The molecule has 11 N–H and O–H groups in total. The van der Waals surface area contributed by atoms with Gasteiger partial charge in [-0.05, 0) is 51.7 Å². The third-order valence-corrected chi connectivity index (χ3v) is 4.41. The molecule has 0 saturated heterocycles. The number of carbonyl (C=O) groups excluding carboxylic acids is 2. The van der Waals surface area contributed by atoms with Gasteiger partial charge >= 0.3 is 36.4 Å². The normalized spacial score (nSPS) is 11.0. The molecule has 0 aromatic heterocycles. The third kappa shape index (κ3) is 44.3. The van der Waals surface area contributed by atoms with Gasteiger partial charge in [0.25, 0.3) is 0 Å². The van der Waals surface area contributed by atoms with Gasteiger partial charge in [-0.25, -0.2) is 20.2 Å². The molecule has 0 heterocycles. The lowest BCUT2D eigenvalue weighted by atomic mass is 10.2. The summed E-state index contributed by atoms with van der Waals surface area (Å²) >= 11 is 0. The number of carboxylic acid groups (broad SMARTS) is 3. The third-order valence-electron chi connectivity index (χ3n) is 4.41. The van der Waals surface area contributed by atoms with E-state index in [1.54, 1.807) is 0 Å². The number of rotatable bonds is 18. The summed E-state index contributed by atoms with van der Waals surface area (Å²) in [5.74, 6) is -3.65. The van der Waals surface area contributed by atoms with Crippen LogP contribution in [0, 0.1) is 0 Å². The van der Waals surface area contributed by atoms with Crippen molar-refractivity contribution in [3.05, 3.63) is 0 Å². The van der Waals surface area contributed by atoms with Crippen molar-refractivity contribution in [3.63, 3.8) is 0 Å². The number of alkyl halides is 9. The Kier molecular flexibility index (Phi) is 31.3. The van der Waals surface area contributed by atoms with Gasteiger partial charge < -0.3 is 42.4 Å². The summed E-state index contributed by atoms with van der Waals surface area (Å²) in [4.78, 5) is 54.1. The number of hydrazine groups is 1. The molecule has 0 atom stereocenters. The first-order valence-corrected chi connectivity index (χ1v) is 13.3. The second-order valence-corrected chi connectivity index (χ2v) is 8.50. The van der Waals surface area contributed by atoms with Crippen LogP contribution in [0.1, 0.15) is 51.4 Å². The van der Waals surface area contributed by atoms with E-state index in [1.807, 2.05) is 0 Å². The van der Waals surface area contributed by atoms with Crippen molar-refractivity contribution in [2.24, 2.45) is 16.6 Å². The number of unbranched alkanes of at least 4 members (excludes halogenated alkanes) is 4. The molecule has 15 nitrogen and oxygen atoms in total. The molecule has 0 rings (SSSR count). The van der Waals surface area contributed by atoms with Crippen LogP contribution in [0.3, 0.4) is 0 Å². The van der Waals surface area contributed by atoms with Crippen molar-refractivity contribution in [1.82, 2.24) is 21.4 Å². The Bertz CT molecular complexity index is 849. The summed E-state index contributed by atoms with van der Waals surface area (Å²) in [7, 11) is 0. The van der Waals surface area contributed by atoms with Crippen molar-refractivity contribution in [1.29, 1.82) is 0 Å². The van der Waals surface area contributed by atoms with Crippen LogP contribution in [-0.4, -0.2) is 109 Å². The van der Waals surface area contributed by atoms with Crippen LogP contribution in [0.2, 0.25) is 0 Å². The minimum Gasteiger partial charge on any atom is -0.475 e. The fraction of sp³-hybridized carbons (Fsp3) is 0.739. The lowest BCUT2D eigenvalue weighted by Gasteiger charge is -2.07. The fourth-order valence-corrected chi connectivity index (χ4v) is 2.25. The number of halogens is 9. The molecule has 0 saturated carbocycles. The van der Waals surface area contributed by atoms with Crippen LogP contribution in [-0.2, 0) is 24.0 Å². The summed E-state index contributed by atoms with van der Waals surface area (Å²) in [5.41, 5.74) is 7.76. The van der Waals surface area contributed by atoms with Gasteiger partial charge in [0.1, 0.15) is 6.42 Å². The van der Waals surface area contributed by atoms with E-state index in [0.717, 1.165) is 64.6 Å². The van der Waals surface area contributed by atoms with E-state index in [-0.39, 0.29) is 18.2 Å². The van der Waals surface area contributed by atoms with E-state index >= 15 is 0 Å². The maximum Gasteiger partial charge on any atom is 0.490 e. The maximum atomic E-state index is 11.7. The highest BCUT2D eigenvalue weighted by atomic mass is 19.4. The molecule has 278 valence electrons. The molecule has 2 amide bonds. The number of aliphatic imine (C=N–C) groups is 1. The molecule has 0 spiro atoms. The Hall–Kier alpha value is -3.93. The van der Waals surface area contributed by atoms with Crippen LogP contribution in [0.5, 0.6) is 0 Å². The van der Waals surface area contributed by atoms with E-state index in [4.69, 9.17) is 41.3 Å². The Labute approximate surface area is 262 Å². The summed E-state index contributed by atoms with van der Waals surface area (Å²) in [6, 6.07) is 0. The van der Waals surface area contributed by atoms with Crippen molar-refractivity contribution in [3.8, 4) is 0 Å². The van der Waals surface area contributed by atoms with Crippen LogP contribution in [0.25, 0.3) is 0 Å². The highest BCUT2D eigenvalue weighted by Crippen LogP contribution is 2.14. The zero-order valence-corrected chi connectivity index (χ0v) is 24.9. The molecule has 0 fully saturated rings. The lowest BCUT2D eigenvalue weighted by Crippen LogP contribution is -2.33. The first-order valence-electron chi connectivity index (χ1n) is 13.3. The number of hydrogen-bond acceptors (Lipinski definition) is 9. The zero-order chi connectivity index (χ0) is 37.5. The second kappa shape index (κ2) is 29.5. The standard InChI is InChI=1S/C17H37N7O2.3C2HF3O2/c18-8-7-11-20-9-5-6-13-23-17(26)14-16(25)22-12-4-2-1-3-10-21-15-24-19;3*3-2(4,5)1(6)7/h15,20H,1-14,18-19H2,(H,21,24)(H,22,25)(H,23,26);3*(H,6,7). The number of carbonyl (C=O) groups is 5. The monoisotopic (exact) mass is 713 g/mol. The average molecular weight is 714 g/mol. The van der Waals surface area contributed by atoms with Crippen molar-refractivity contribution in [2.45, 2.75) is 69.9 Å². The van der Waals surface area contributed by atoms with Crippen LogP contribution >= 0.6 is 0 Å². The highest BCUT2D eigenvalue weighted by molar-refractivity contribution is 5.96. The Morgan fingerprint density at radius 2 is 0.936 bits per heavy atom. The Morgan fingerprint density at radius 3 is 1.30 bits per heavy atom. The first kappa shape index (κ1) is 49.9. The largest absolute Gasteiger partial charge is 0.490 e.